The predicted octanol–water partition coefficient (Wildman–Crippen LogP) is 1.87. The lowest BCUT2D eigenvalue weighted by molar-refractivity contribution is 0.595. The van der Waals surface area contributed by atoms with E-state index < -0.39 is 9.84 Å². The molecule has 6 heteroatoms. The van der Waals surface area contributed by atoms with E-state index in [0.29, 0.717) is 15.6 Å². The van der Waals surface area contributed by atoms with E-state index in [1.807, 2.05) is 0 Å². The number of halogens is 2. The predicted molar refractivity (Wildman–Crippen MR) is 63.0 cm³/mol. The quantitative estimate of drug-likeness (QED) is 0.906. The van der Waals surface area contributed by atoms with Crippen LogP contribution in [0, 0.1) is 0 Å². The Morgan fingerprint density at radius 3 is 2.53 bits per heavy atom. The zero-order chi connectivity index (χ0) is 11.5. The Kier molecular flexibility index (Phi) is 4.40. The number of hydrogen-bond acceptors (Lipinski definition) is 3. The Morgan fingerprint density at radius 2 is 1.93 bits per heavy atom. The molecule has 0 heterocycles. The molecule has 0 aliphatic heterocycles. The van der Waals surface area contributed by atoms with Gasteiger partial charge >= 0.3 is 0 Å². The Bertz CT molecular complexity index is 445. The Morgan fingerprint density at radius 1 is 1.27 bits per heavy atom. The third-order valence-electron chi connectivity index (χ3n) is 1.81. The van der Waals surface area contributed by atoms with Crippen LogP contribution in [0.5, 0.6) is 0 Å². The molecule has 0 aliphatic carbocycles. The monoisotopic (exact) mass is 267 g/mol. The first-order valence-corrected chi connectivity index (χ1v) is 6.87. The lowest BCUT2D eigenvalue weighted by Crippen LogP contribution is -2.17. The maximum absolute atomic E-state index is 11.5. The van der Waals surface area contributed by atoms with Gasteiger partial charge in [-0.05, 0) is 23.8 Å². The molecule has 3 nitrogen and oxygen atoms in total. The van der Waals surface area contributed by atoms with Crippen LogP contribution < -0.4 is 5.73 Å². The van der Waals surface area contributed by atoms with Crippen molar-refractivity contribution >= 4 is 33.0 Å². The van der Waals surface area contributed by atoms with E-state index in [2.05, 4.69) is 0 Å². The average Bonchev–Trinajstić information content (AvgIpc) is 2.10. The van der Waals surface area contributed by atoms with Gasteiger partial charge in [-0.25, -0.2) is 8.42 Å². The van der Waals surface area contributed by atoms with Crippen LogP contribution in [-0.4, -0.2) is 20.7 Å². The van der Waals surface area contributed by atoms with Crippen LogP contribution in [0.1, 0.15) is 5.56 Å². The molecule has 0 aromatic heterocycles. The Balaban J connectivity index is 2.94. The average molecular weight is 268 g/mol. The normalized spacial score (nSPS) is 11.7. The van der Waals surface area contributed by atoms with Gasteiger partial charge in [0.15, 0.2) is 9.84 Å². The topological polar surface area (TPSA) is 60.2 Å². The SMILES string of the molecule is NCCS(=O)(=O)Cc1cc(Cl)ccc1Cl. The molecule has 0 amide bonds. The third-order valence-corrected chi connectivity index (χ3v) is 4.02. The minimum Gasteiger partial charge on any atom is -0.329 e. The van der Waals surface area contributed by atoms with Gasteiger partial charge in [0.25, 0.3) is 0 Å². The van der Waals surface area contributed by atoms with Crippen LogP contribution in [0.2, 0.25) is 10.0 Å². The molecular weight excluding hydrogens is 257 g/mol. The second kappa shape index (κ2) is 5.16. The molecular formula is C9H11Cl2NO2S. The molecule has 0 atom stereocenters. The number of rotatable bonds is 4. The molecule has 0 unspecified atom stereocenters. The molecule has 1 aromatic rings. The minimum absolute atomic E-state index is 0.0458. The molecule has 1 rings (SSSR count). The van der Waals surface area contributed by atoms with Gasteiger partial charge in [0.05, 0.1) is 11.5 Å². The van der Waals surface area contributed by atoms with Crippen LogP contribution in [0.25, 0.3) is 0 Å². The third kappa shape index (κ3) is 3.99. The van der Waals surface area contributed by atoms with Crippen LogP contribution >= 0.6 is 23.2 Å². The van der Waals surface area contributed by atoms with Crippen LogP contribution in [0.4, 0.5) is 0 Å². The molecule has 0 saturated carbocycles. The Hall–Kier alpha value is -0.290. The molecule has 0 aliphatic rings. The lowest BCUT2D eigenvalue weighted by Gasteiger charge is -2.05. The zero-order valence-electron chi connectivity index (χ0n) is 7.91. The summed E-state index contributed by atoms with van der Waals surface area (Å²) >= 11 is 11.6. The van der Waals surface area contributed by atoms with Crippen molar-refractivity contribution in [3.05, 3.63) is 33.8 Å². The fraction of sp³-hybridized carbons (Fsp3) is 0.333. The number of hydrogen-bond donors (Lipinski definition) is 1. The summed E-state index contributed by atoms with van der Waals surface area (Å²) in [7, 11) is -3.19. The van der Waals surface area contributed by atoms with Gasteiger partial charge in [0.2, 0.25) is 0 Å². The summed E-state index contributed by atoms with van der Waals surface area (Å²) in [5.41, 5.74) is 5.71. The fourth-order valence-corrected chi connectivity index (χ4v) is 2.82. The van der Waals surface area contributed by atoms with Crippen molar-refractivity contribution in [1.29, 1.82) is 0 Å². The summed E-state index contributed by atoms with van der Waals surface area (Å²) in [5.74, 6) is -0.167. The highest BCUT2D eigenvalue weighted by Crippen LogP contribution is 2.22. The standard InChI is InChI=1S/C9H11Cl2NO2S/c10-8-1-2-9(11)7(5-8)6-15(13,14)4-3-12/h1-2,5H,3-4,6,12H2. The summed E-state index contributed by atoms with van der Waals surface area (Å²) in [6.07, 6.45) is 0. The molecule has 0 bridgehead atoms. The maximum atomic E-state index is 11.5. The first kappa shape index (κ1) is 12.8. The maximum Gasteiger partial charge on any atom is 0.155 e. The van der Waals surface area contributed by atoms with Gasteiger partial charge < -0.3 is 5.73 Å². The van der Waals surface area contributed by atoms with Gasteiger partial charge in [0.1, 0.15) is 0 Å². The van der Waals surface area contributed by atoms with Crippen LogP contribution in [-0.2, 0) is 15.6 Å². The van der Waals surface area contributed by atoms with E-state index in [9.17, 15) is 8.42 Å². The van der Waals surface area contributed by atoms with Crippen molar-refractivity contribution in [2.45, 2.75) is 5.75 Å². The van der Waals surface area contributed by atoms with E-state index in [1.165, 1.54) is 0 Å². The van der Waals surface area contributed by atoms with Crippen molar-refractivity contribution in [1.82, 2.24) is 0 Å². The van der Waals surface area contributed by atoms with E-state index in [0.717, 1.165) is 0 Å². The van der Waals surface area contributed by atoms with Gasteiger partial charge in [-0.1, -0.05) is 23.2 Å². The fourth-order valence-electron chi connectivity index (χ4n) is 1.14. The smallest absolute Gasteiger partial charge is 0.155 e. The summed E-state index contributed by atoms with van der Waals surface area (Å²) in [6.45, 7) is 0.112. The second-order valence-corrected chi connectivity index (χ2v) is 6.14. The second-order valence-electron chi connectivity index (χ2n) is 3.12. The van der Waals surface area contributed by atoms with Gasteiger partial charge in [-0.2, -0.15) is 0 Å². The lowest BCUT2D eigenvalue weighted by atomic mass is 10.2. The van der Waals surface area contributed by atoms with Crippen molar-refractivity contribution in [2.75, 3.05) is 12.3 Å². The number of benzene rings is 1. The van der Waals surface area contributed by atoms with Crippen molar-refractivity contribution in [3.63, 3.8) is 0 Å². The highest BCUT2D eigenvalue weighted by molar-refractivity contribution is 7.90. The van der Waals surface area contributed by atoms with E-state index >= 15 is 0 Å². The molecule has 15 heavy (non-hydrogen) atoms. The molecule has 2 N–H and O–H groups in total. The molecule has 1 aromatic carbocycles. The highest BCUT2D eigenvalue weighted by Gasteiger charge is 2.13. The van der Waals surface area contributed by atoms with E-state index in [1.54, 1.807) is 18.2 Å². The van der Waals surface area contributed by atoms with Crippen LogP contribution in [0.15, 0.2) is 18.2 Å². The minimum atomic E-state index is -3.19. The molecule has 0 spiro atoms. The number of nitrogens with two attached hydrogens (primary N) is 1. The zero-order valence-corrected chi connectivity index (χ0v) is 10.2. The van der Waals surface area contributed by atoms with Crippen molar-refractivity contribution in [2.24, 2.45) is 5.73 Å². The summed E-state index contributed by atoms with van der Waals surface area (Å²) < 4.78 is 23.0. The number of sulfone groups is 1. The van der Waals surface area contributed by atoms with Gasteiger partial charge in [0, 0.05) is 16.6 Å². The Labute approximate surface area is 99.1 Å². The van der Waals surface area contributed by atoms with E-state index in [-0.39, 0.29) is 18.1 Å². The highest BCUT2D eigenvalue weighted by atomic mass is 35.5. The van der Waals surface area contributed by atoms with Crippen LogP contribution in [0.3, 0.4) is 0 Å². The largest absolute Gasteiger partial charge is 0.329 e. The van der Waals surface area contributed by atoms with Gasteiger partial charge in [-0.15, -0.1) is 0 Å². The summed E-state index contributed by atoms with van der Waals surface area (Å²) in [5, 5.41) is 0.873. The molecule has 0 fully saturated rings. The molecule has 0 radical (unpaired) electrons. The van der Waals surface area contributed by atoms with Crippen molar-refractivity contribution < 1.29 is 8.42 Å². The van der Waals surface area contributed by atoms with Gasteiger partial charge in [-0.3, -0.25) is 0 Å². The van der Waals surface area contributed by atoms with Crippen molar-refractivity contribution in [3.8, 4) is 0 Å². The first-order chi connectivity index (χ1) is 6.94. The molecule has 0 saturated heterocycles. The summed E-state index contributed by atoms with van der Waals surface area (Å²) in [6, 6.07) is 4.75. The summed E-state index contributed by atoms with van der Waals surface area (Å²) in [4.78, 5) is 0. The first-order valence-electron chi connectivity index (χ1n) is 4.29. The molecule has 84 valence electrons. The van der Waals surface area contributed by atoms with E-state index in [4.69, 9.17) is 28.9 Å².